The summed E-state index contributed by atoms with van der Waals surface area (Å²) in [7, 11) is 0. The lowest BCUT2D eigenvalue weighted by molar-refractivity contribution is -0.136. The molecule has 1 atom stereocenters. The van der Waals surface area contributed by atoms with E-state index in [1.54, 1.807) is 38.1 Å². The molecule has 1 unspecified atom stereocenters. The fourth-order valence-electron chi connectivity index (χ4n) is 7.97. The van der Waals surface area contributed by atoms with Crippen molar-refractivity contribution in [2.45, 2.75) is 58.4 Å². The lowest BCUT2D eigenvalue weighted by Crippen LogP contribution is -2.54. The van der Waals surface area contributed by atoms with Gasteiger partial charge in [0.1, 0.15) is 11.9 Å². The molecule has 2 aromatic carbocycles. The number of fused-ring (bicyclic) bond motifs is 2. The number of aryl methyl sites for hydroxylation is 1. The average molecular weight is 781 g/mol. The number of unbranched alkanes of at least 4 members (excludes halogenated alkanes) is 2. The SMILES string of the molecule is Cc1[nH]c(/C=C2\C(=O)Nc3ccc(F)cc32)c(C)c1C(=O)NCCN1CCN(C(=O)CCCCCNc2cccc3c2C(=O)N(C2CCC(=O)NC2=O)C3=O)CC1. The minimum atomic E-state index is -1.02. The Labute approximate surface area is 328 Å². The molecule has 4 aliphatic rings. The molecule has 7 amide bonds. The van der Waals surface area contributed by atoms with Gasteiger partial charge in [-0.15, -0.1) is 0 Å². The standard InChI is InChI=1S/C41H45FN8O7/c1-23-31(22-28-27-21-25(42)10-11-29(27)46-37(28)53)45-24(2)35(23)39(55)44-15-16-48-17-19-49(20-18-48)34(52)9-4-3-5-14-43-30-8-6-7-26-36(30)41(57)50(40(26)56)32-12-13-33(51)47-38(32)54/h6-8,10-11,21-22,32,43,45H,3-5,9,12-20H2,1-2H3,(H,44,55)(H,46,53)(H,47,51,54)/b28-22-. The number of piperazine rings is 1. The molecule has 15 nitrogen and oxygen atoms in total. The van der Waals surface area contributed by atoms with Gasteiger partial charge in [-0.1, -0.05) is 12.5 Å². The lowest BCUT2D eigenvalue weighted by atomic mass is 10.0. The molecule has 57 heavy (non-hydrogen) atoms. The number of carbonyl (C=O) groups excluding carboxylic acids is 7. The fourth-order valence-corrected chi connectivity index (χ4v) is 7.97. The highest BCUT2D eigenvalue weighted by Gasteiger charge is 2.45. The number of halogens is 1. The normalized spacial score (nSPS) is 18.8. The molecule has 0 spiro atoms. The first-order chi connectivity index (χ1) is 27.4. The number of piperidine rings is 1. The number of rotatable bonds is 13. The highest BCUT2D eigenvalue weighted by atomic mass is 19.1. The molecule has 298 valence electrons. The molecule has 5 heterocycles. The van der Waals surface area contributed by atoms with Crippen LogP contribution in [0.15, 0.2) is 36.4 Å². The molecule has 2 fully saturated rings. The van der Waals surface area contributed by atoms with Crippen molar-refractivity contribution in [1.29, 1.82) is 0 Å². The van der Waals surface area contributed by atoms with E-state index in [0.29, 0.717) is 104 Å². The van der Waals surface area contributed by atoms with Gasteiger partial charge in [0.15, 0.2) is 0 Å². The number of imide groups is 2. The third kappa shape index (κ3) is 8.08. The first-order valence-corrected chi connectivity index (χ1v) is 19.3. The molecular weight excluding hydrogens is 735 g/mol. The Morgan fingerprint density at radius 1 is 0.912 bits per heavy atom. The van der Waals surface area contributed by atoms with Crippen molar-refractivity contribution in [3.05, 3.63) is 81.4 Å². The summed E-state index contributed by atoms with van der Waals surface area (Å²) >= 11 is 0. The monoisotopic (exact) mass is 780 g/mol. The van der Waals surface area contributed by atoms with Crippen LogP contribution in [0, 0.1) is 19.7 Å². The summed E-state index contributed by atoms with van der Waals surface area (Å²) in [5, 5.41) is 11.2. The predicted molar refractivity (Wildman–Crippen MR) is 209 cm³/mol. The summed E-state index contributed by atoms with van der Waals surface area (Å²) in [6.07, 6.45) is 4.44. The van der Waals surface area contributed by atoms with Gasteiger partial charge in [0.25, 0.3) is 23.6 Å². The number of hydrogen-bond donors (Lipinski definition) is 5. The molecule has 0 radical (unpaired) electrons. The quantitative estimate of drug-likeness (QED) is 0.0985. The Balaban J connectivity index is 0.803. The van der Waals surface area contributed by atoms with Crippen molar-refractivity contribution in [2.75, 3.05) is 56.4 Å². The summed E-state index contributed by atoms with van der Waals surface area (Å²) in [5.41, 5.74) is 4.73. The summed E-state index contributed by atoms with van der Waals surface area (Å²) in [6.45, 7) is 7.77. The zero-order chi connectivity index (χ0) is 40.4. The van der Waals surface area contributed by atoms with Gasteiger partial charge in [-0.05, 0) is 75.1 Å². The van der Waals surface area contributed by atoms with Crippen LogP contribution in [0.3, 0.4) is 0 Å². The maximum Gasteiger partial charge on any atom is 0.264 e. The van der Waals surface area contributed by atoms with Gasteiger partial charge in [-0.2, -0.15) is 0 Å². The molecular formula is C41H45FN8O7. The molecule has 3 aromatic rings. The van der Waals surface area contributed by atoms with E-state index in [9.17, 15) is 38.0 Å². The molecule has 0 bridgehead atoms. The summed E-state index contributed by atoms with van der Waals surface area (Å²) in [6, 6.07) is 8.07. The smallest absolute Gasteiger partial charge is 0.264 e. The maximum atomic E-state index is 13.9. The Kier molecular flexibility index (Phi) is 11.3. The maximum absolute atomic E-state index is 13.9. The topological polar surface area (TPSA) is 193 Å². The van der Waals surface area contributed by atoms with Gasteiger partial charge in [0, 0.05) is 87.0 Å². The predicted octanol–water partition coefficient (Wildman–Crippen LogP) is 3.21. The van der Waals surface area contributed by atoms with Crippen molar-refractivity contribution in [3.8, 4) is 0 Å². The van der Waals surface area contributed by atoms with E-state index in [1.165, 1.54) is 18.2 Å². The third-order valence-electron chi connectivity index (χ3n) is 11.0. The lowest BCUT2D eigenvalue weighted by Gasteiger charge is -2.34. The second-order valence-electron chi connectivity index (χ2n) is 14.8. The third-order valence-corrected chi connectivity index (χ3v) is 11.0. The Morgan fingerprint density at radius 2 is 1.70 bits per heavy atom. The first-order valence-electron chi connectivity index (χ1n) is 19.3. The molecule has 2 saturated heterocycles. The zero-order valence-corrected chi connectivity index (χ0v) is 31.9. The van der Waals surface area contributed by atoms with E-state index in [0.717, 1.165) is 17.7 Å². The van der Waals surface area contributed by atoms with E-state index in [-0.39, 0.29) is 41.7 Å². The number of anilines is 2. The number of benzene rings is 2. The largest absolute Gasteiger partial charge is 0.384 e. The Bertz CT molecular complexity index is 2210. The zero-order valence-electron chi connectivity index (χ0n) is 31.9. The van der Waals surface area contributed by atoms with E-state index in [4.69, 9.17) is 0 Å². The van der Waals surface area contributed by atoms with Gasteiger partial charge >= 0.3 is 0 Å². The molecule has 16 heteroatoms. The minimum Gasteiger partial charge on any atom is -0.384 e. The summed E-state index contributed by atoms with van der Waals surface area (Å²) in [4.78, 5) is 97.3. The van der Waals surface area contributed by atoms with Crippen LogP contribution in [0.25, 0.3) is 11.6 Å². The molecule has 4 aliphatic heterocycles. The Morgan fingerprint density at radius 3 is 2.47 bits per heavy atom. The van der Waals surface area contributed by atoms with Gasteiger partial charge in [-0.25, -0.2) is 4.39 Å². The van der Waals surface area contributed by atoms with Crippen molar-refractivity contribution in [3.63, 3.8) is 0 Å². The molecule has 0 saturated carbocycles. The fraction of sp³-hybridized carbons (Fsp3) is 0.390. The molecule has 1 aromatic heterocycles. The van der Waals surface area contributed by atoms with Crippen molar-refractivity contribution < 1.29 is 38.0 Å². The van der Waals surface area contributed by atoms with E-state index < -0.39 is 35.5 Å². The number of aromatic amines is 1. The highest BCUT2D eigenvalue weighted by molar-refractivity contribution is 6.35. The number of nitrogens with one attached hydrogen (secondary N) is 5. The second kappa shape index (κ2) is 16.5. The van der Waals surface area contributed by atoms with Crippen LogP contribution in [0.5, 0.6) is 0 Å². The van der Waals surface area contributed by atoms with Crippen LogP contribution in [0.1, 0.15) is 92.1 Å². The van der Waals surface area contributed by atoms with Crippen LogP contribution in [0.4, 0.5) is 15.8 Å². The van der Waals surface area contributed by atoms with Crippen LogP contribution >= 0.6 is 0 Å². The van der Waals surface area contributed by atoms with Crippen molar-refractivity contribution in [1.82, 2.24) is 30.3 Å². The molecule has 7 rings (SSSR count). The van der Waals surface area contributed by atoms with Crippen LogP contribution in [0.2, 0.25) is 0 Å². The van der Waals surface area contributed by atoms with E-state index in [2.05, 4.69) is 31.2 Å². The number of aromatic nitrogens is 1. The van der Waals surface area contributed by atoms with Gasteiger partial charge < -0.3 is 25.8 Å². The summed E-state index contributed by atoms with van der Waals surface area (Å²) in [5.74, 6) is -3.09. The van der Waals surface area contributed by atoms with E-state index in [1.807, 2.05) is 4.90 Å². The minimum absolute atomic E-state index is 0.0556. The number of nitrogens with zero attached hydrogens (tertiary/aromatic N) is 3. The number of hydrogen-bond acceptors (Lipinski definition) is 9. The van der Waals surface area contributed by atoms with E-state index >= 15 is 0 Å². The summed E-state index contributed by atoms with van der Waals surface area (Å²) < 4.78 is 13.9. The first kappa shape index (κ1) is 39.1. The molecule has 0 aliphatic carbocycles. The van der Waals surface area contributed by atoms with Crippen LogP contribution < -0.4 is 21.3 Å². The number of amides is 7. The highest BCUT2D eigenvalue weighted by Crippen LogP contribution is 2.35. The van der Waals surface area contributed by atoms with Crippen LogP contribution in [-0.2, 0) is 19.2 Å². The van der Waals surface area contributed by atoms with Crippen molar-refractivity contribution in [2.24, 2.45) is 0 Å². The number of carbonyl (C=O) groups is 7. The Hall–Kier alpha value is -6.16. The van der Waals surface area contributed by atoms with Crippen LogP contribution in [-0.4, -0.2) is 113 Å². The van der Waals surface area contributed by atoms with Crippen molar-refractivity contribution >= 4 is 64.4 Å². The number of H-pyrrole nitrogens is 1. The molecule has 5 N–H and O–H groups in total. The van der Waals surface area contributed by atoms with Gasteiger partial charge in [0.2, 0.25) is 17.7 Å². The average Bonchev–Trinajstić information content (AvgIpc) is 3.75. The van der Waals surface area contributed by atoms with Gasteiger partial charge in [0.05, 0.1) is 22.3 Å². The second-order valence-corrected chi connectivity index (χ2v) is 14.8. The van der Waals surface area contributed by atoms with Gasteiger partial charge in [-0.3, -0.25) is 48.7 Å².